The van der Waals surface area contributed by atoms with E-state index in [1.807, 2.05) is 45.0 Å². The largest absolute Gasteiger partial charge is 0.471 e. The molecule has 1 aromatic heterocycles. The molecule has 0 N–H and O–H groups in total. The second-order valence-electron chi connectivity index (χ2n) is 9.46. The molecule has 5 nitrogen and oxygen atoms in total. The van der Waals surface area contributed by atoms with Crippen LogP contribution in [0, 0.1) is 11.7 Å². The van der Waals surface area contributed by atoms with Crippen LogP contribution < -0.4 is 4.74 Å². The van der Waals surface area contributed by atoms with Crippen molar-refractivity contribution in [2.24, 2.45) is 5.92 Å². The lowest BCUT2D eigenvalue weighted by Gasteiger charge is -2.31. The highest BCUT2D eigenvalue weighted by molar-refractivity contribution is 5.83. The number of hydrogen-bond acceptors (Lipinski definition) is 5. The first-order valence-electron chi connectivity index (χ1n) is 11.2. The third-order valence-electron chi connectivity index (χ3n) is 5.75. The highest BCUT2D eigenvalue weighted by atomic mass is 19.1. The zero-order valence-corrected chi connectivity index (χ0v) is 19.0. The molecule has 0 unspecified atom stereocenters. The number of ketones is 1. The van der Waals surface area contributed by atoms with Crippen molar-refractivity contribution in [3.63, 3.8) is 0 Å². The number of likely N-dealkylation sites (tertiary alicyclic amines) is 1. The summed E-state index contributed by atoms with van der Waals surface area (Å²) in [6.07, 6.45) is 1.70. The fraction of sp³-hybridized carbons (Fsp3) is 0.423. The Morgan fingerprint density at radius 3 is 2.31 bits per heavy atom. The van der Waals surface area contributed by atoms with E-state index in [1.54, 1.807) is 18.2 Å². The van der Waals surface area contributed by atoms with Gasteiger partial charge in [0.15, 0.2) is 0 Å². The lowest BCUT2D eigenvalue weighted by Crippen LogP contribution is -2.37. The first-order valence-corrected chi connectivity index (χ1v) is 11.2. The summed E-state index contributed by atoms with van der Waals surface area (Å²) in [6, 6.07) is 14.3. The molecule has 6 heteroatoms. The van der Waals surface area contributed by atoms with E-state index in [-0.39, 0.29) is 29.5 Å². The van der Waals surface area contributed by atoms with E-state index in [9.17, 15) is 9.18 Å². The maximum atomic E-state index is 13.9. The molecule has 1 fully saturated rings. The Morgan fingerprint density at radius 2 is 1.66 bits per heavy atom. The summed E-state index contributed by atoms with van der Waals surface area (Å²) in [4.78, 5) is 24.6. The highest BCUT2D eigenvalue weighted by Gasteiger charge is 2.27. The van der Waals surface area contributed by atoms with Crippen molar-refractivity contribution in [2.45, 2.75) is 52.2 Å². The number of rotatable bonds is 6. The smallest absolute Gasteiger partial charge is 0.238 e. The Balaban J connectivity index is 1.43. The minimum absolute atomic E-state index is 0.0289. The monoisotopic (exact) mass is 435 g/mol. The van der Waals surface area contributed by atoms with E-state index < -0.39 is 0 Å². The van der Waals surface area contributed by atoms with Gasteiger partial charge in [-0.2, -0.15) is 0 Å². The highest BCUT2D eigenvalue weighted by Crippen LogP contribution is 2.27. The minimum atomic E-state index is -0.377. The number of aromatic nitrogens is 2. The third-order valence-corrected chi connectivity index (χ3v) is 5.75. The molecule has 2 heterocycles. The van der Waals surface area contributed by atoms with Gasteiger partial charge in [-0.15, -0.1) is 0 Å². The van der Waals surface area contributed by atoms with Gasteiger partial charge in [-0.05, 0) is 70.5 Å². The summed E-state index contributed by atoms with van der Waals surface area (Å²) in [5, 5.41) is 0. The van der Waals surface area contributed by atoms with Gasteiger partial charge in [0.1, 0.15) is 22.9 Å². The molecule has 0 atom stereocenters. The number of fused-ring (bicyclic) bond motifs is 1. The fourth-order valence-corrected chi connectivity index (χ4v) is 4.09. The average Bonchev–Trinajstić information content (AvgIpc) is 2.75. The molecule has 1 saturated heterocycles. The summed E-state index contributed by atoms with van der Waals surface area (Å²) in [5.74, 6) is 0.351. The lowest BCUT2D eigenvalue weighted by molar-refractivity contribution is -0.123. The number of nitrogens with zero attached hydrogens (tertiary/aromatic N) is 3. The molecule has 3 aromatic rings. The van der Waals surface area contributed by atoms with Crippen molar-refractivity contribution >= 4 is 16.8 Å². The van der Waals surface area contributed by atoms with Gasteiger partial charge in [-0.1, -0.05) is 30.3 Å². The maximum absolute atomic E-state index is 13.9. The molecule has 0 amide bonds. The van der Waals surface area contributed by atoms with Gasteiger partial charge in [0, 0.05) is 18.9 Å². The van der Waals surface area contributed by atoms with Gasteiger partial charge < -0.3 is 4.74 Å². The van der Waals surface area contributed by atoms with Crippen LogP contribution in [0.25, 0.3) is 11.0 Å². The van der Waals surface area contributed by atoms with E-state index in [0.29, 0.717) is 18.0 Å². The summed E-state index contributed by atoms with van der Waals surface area (Å²) in [5.41, 5.74) is 2.58. The number of carbonyl (C=O) groups is 1. The molecule has 2 aromatic carbocycles. The van der Waals surface area contributed by atoms with E-state index in [1.165, 1.54) is 6.07 Å². The van der Waals surface area contributed by atoms with Gasteiger partial charge in [0.25, 0.3) is 0 Å². The van der Waals surface area contributed by atoms with Crippen molar-refractivity contribution in [3.8, 4) is 5.88 Å². The number of piperidine rings is 1. The Labute approximate surface area is 188 Å². The summed E-state index contributed by atoms with van der Waals surface area (Å²) in [6.45, 7) is 8.20. The Hall–Kier alpha value is -2.86. The van der Waals surface area contributed by atoms with Crippen molar-refractivity contribution in [2.75, 3.05) is 13.1 Å². The first-order chi connectivity index (χ1) is 15.3. The van der Waals surface area contributed by atoms with Crippen LogP contribution in [0.15, 0.2) is 48.5 Å². The number of carbonyl (C=O) groups excluding carboxylic acids is 1. The second-order valence-corrected chi connectivity index (χ2v) is 9.46. The third kappa shape index (κ3) is 5.49. The van der Waals surface area contributed by atoms with E-state index >= 15 is 0 Å². The Kier molecular flexibility index (Phi) is 6.51. The van der Waals surface area contributed by atoms with Crippen LogP contribution in [0.4, 0.5) is 4.39 Å². The summed E-state index contributed by atoms with van der Waals surface area (Å²) >= 11 is 0. The van der Waals surface area contributed by atoms with Crippen LogP contribution in [0.5, 0.6) is 5.88 Å². The number of halogens is 1. The quantitative estimate of drug-likeness (QED) is 0.547. The summed E-state index contributed by atoms with van der Waals surface area (Å²) < 4.78 is 20.0. The number of ether oxygens (including phenoxy) is 1. The number of hydrogen-bond donors (Lipinski definition) is 0. The van der Waals surface area contributed by atoms with Crippen molar-refractivity contribution in [3.05, 3.63) is 65.6 Å². The first kappa shape index (κ1) is 22.3. The molecule has 4 rings (SSSR count). The molecule has 1 aliphatic heterocycles. The minimum Gasteiger partial charge on any atom is -0.471 e. The molecule has 32 heavy (non-hydrogen) atoms. The van der Waals surface area contributed by atoms with Crippen LogP contribution in [0.3, 0.4) is 0 Å². The van der Waals surface area contributed by atoms with Crippen LogP contribution in [-0.4, -0.2) is 39.3 Å². The average molecular weight is 436 g/mol. The predicted molar refractivity (Wildman–Crippen MR) is 123 cm³/mol. The maximum Gasteiger partial charge on any atom is 0.238 e. The van der Waals surface area contributed by atoms with Gasteiger partial charge >= 0.3 is 0 Å². The number of Topliss-reactive ketones (excluding diaryl/α,β-unsaturated/α-hetero) is 1. The lowest BCUT2D eigenvalue weighted by atomic mass is 9.89. The van der Waals surface area contributed by atoms with Crippen LogP contribution >= 0.6 is 0 Å². The zero-order valence-electron chi connectivity index (χ0n) is 19.0. The molecule has 0 saturated carbocycles. The van der Waals surface area contributed by atoms with Gasteiger partial charge in [0.2, 0.25) is 5.88 Å². The second kappa shape index (κ2) is 9.33. The van der Waals surface area contributed by atoms with Gasteiger partial charge in [0.05, 0.1) is 11.0 Å². The molecule has 168 valence electrons. The van der Waals surface area contributed by atoms with Crippen molar-refractivity contribution < 1.29 is 13.9 Å². The topological polar surface area (TPSA) is 55.3 Å². The van der Waals surface area contributed by atoms with E-state index in [0.717, 1.165) is 42.7 Å². The summed E-state index contributed by atoms with van der Waals surface area (Å²) in [7, 11) is 0. The SMILES string of the molecule is CC(C)(C)Oc1nc2ccccc2nc1CN1CCC(C(=O)Cc2ccccc2F)CC1. The molecule has 0 bridgehead atoms. The van der Waals surface area contributed by atoms with Crippen LogP contribution in [0.1, 0.15) is 44.9 Å². The zero-order chi connectivity index (χ0) is 22.7. The molecule has 0 aliphatic carbocycles. The van der Waals surface area contributed by atoms with Gasteiger partial charge in [-0.25, -0.2) is 14.4 Å². The number of benzene rings is 2. The van der Waals surface area contributed by atoms with Crippen LogP contribution in [0.2, 0.25) is 0 Å². The Morgan fingerprint density at radius 1 is 1.03 bits per heavy atom. The van der Waals surface area contributed by atoms with E-state index in [2.05, 4.69) is 4.90 Å². The normalized spacial score (nSPS) is 15.8. The van der Waals surface area contributed by atoms with Crippen LogP contribution in [-0.2, 0) is 17.8 Å². The van der Waals surface area contributed by atoms with Crippen molar-refractivity contribution in [1.82, 2.24) is 14.9 Å². The molecular formula is C26H30FN3O2. The molecule has 0 radical (unpaired) electrons. The van der Waals surface area contributed by atoms with Gasteiger partial charge in [-0.3, -0.25) is 9.69 Å². The predicted octanol–water partition coefficient (Wildman–Crippen LogP) is 4.97. The van der Waals surface area contributed by atoms with Crippen molar-refractivity contribution in [1.29, 1.82) is 0 Å². The fourth-order valence-electron chi connectivity index (χ4n) is 4.09. The Bertz CT molecular complexity index is 1100. The number of para-hydroxylation sites is 2. The van der Waals surface area contributed by atoms with E-state index in [4.69, 9.17) is 14.7 Å². The molecule has 0 spiro atoms. The molecular weight excluding hydrogens is 405 g/mol. The standard InChI is InChI=1S/C26H30FN3O2/c1-26(2,3)32-25-23(28-21-10-6-7-11-22(21)29-25)17-30-14-12-18(13-15-30)24(31)16-19-8-4-5-9-20(19)27/h4-11,18H,12-17H2,1-3H3. The molecule has 1 aliphatic rings.